The molecule has 0 saturated heterocycles. The minimum Gasteiger partial charge on any atom is -0.508 e. The molecule has 1 aromatic rings. The molecule has 108 valence electrons. The Bertz CT molecular complexity index is 535. The SMILES string of the molecule is C[C@@H]1C/C(=N/NC(=O)c2cccc(O)c2)CC(C)(C)C1. The van der Waals surface area contributed by atoms with Gasteiger partial charge in [0, 0.05) is 11.3 Å². The first-order valence-corrected chi connectivity index (χ1v) is 7.00. The third kappa shape index (κ3) is 3.83. The van der Waals surface area contributed by atoms with Crippen LogP contribution in [0, 0.1) is 11.3 Å². The van der Waals surface area contributed by atoms with E-state index in [9.17, 15) is 9.90 Å². The molecular weight excluding hydrogens is 252 g/mol. The van der Waals surface area contributed by atoms with Gasteiger partial charge in [0.25, 0.3) is 5.91 Å². The largest absolute Gasteiger partial charge is 0.508 e. The number of phenols is 1. The van der Waals surface area contributed by atoms with E-state index in [1.54, 1.807) is 12.1 Å². The topological polar surface area (TPSA) is 61.7 Å². The summed E-state index contributed by atoms with van der Waals surface area (Å²) in [5.41, 5.74) is 4.29. The van der Waals surface area contributed by atoms with Crippen LogP contribution in [0.1, 0.15) is 50.4 Å². The van der Waals surface area contributed by atoms with E-state index in [1.807, 2.05) is 0 Å². The second-order valence-electron chi connectivity index (χ2n) is 6.52. The van der Waals surface area contributed by atoms with Crippen LogP contribution in [-0.4, -0.2) is 16.7 Å². The summed E-state index contributed by atoms with van der Waals surface area (Å²) in [6.45, 7) is 6.68. The van der Waals surface area contributed by atoms with Crippen molar-refractivity contribution in [2.75, 3.05) is 0 Å². The van der Waals surface area contributed by atoms with Gasteiger partial charge in [0.1, 0.15) is 5.75 Å². The number of hydrogen-bond donors (Lipinski definition) is 2. The van der Waals surface area contributed by atoms with Crippen molar-refractivity contribution >= 4 is 11.6 Å². The highest BCUT2D eigenvalue weighted by Gasteiger charge is 2.29. The van der Waals surface area contributed by atoms with Gasteiger partial charge < -0.3 is 5.11 Å². The molecule has 1 atom stereocenters. The fraction of sp³-hybridized carbons (Fsp3) is 0.500. The molecule has 4 heteroatoms. The van der Waals surface area contributed by atoms with Gasteiger partial charge >= 0.3 is 0 Å². The number of nitrogens with one attached hydrogen (secondary N) is 1. The molecule has 4 nitrogen and oxygen atoms in total. The van der Waals surface area contributed by atoms with E-state index < -0.39 is 0 Å². The Morgan fingerprint density at radius 1 is 1.45 bits per heavy atom. The molecule has 1 aromatic carbocycles. The number of aromatic hydroxyl groups is 1. The lowest BCUT2D eigenvalue weighted by Crippen LogP contribution is -2.30. The van der Waals surface area contributed by atoms with Crippen molar-refractivity contribution in [1.29, 1.82) is 0 Å². The molecule has 0 bridgehead atoms. The zero-order chi connectivity index (χ0) is 14.8. The third-order valence-corrected chi connectivity index (χ3v) is 3.59. The Morgan fingerprint density at radius 2 is 2.20 bits per heavy atom. The number of hydrazone groups is 1. The molecule has 2 N–H and O–H groups in total. The molecule has 0 radical (unpaired) electrons. The molecule has 20 heavy (non-hydrogen) atoms. The average Bonchev–Trinajstić information content (AvgIpc) is 2.33. The van der Waals surface area contributed by atoms with E-state index in [2.05, 4.69) is 31.3 Å². The standard InChI is InChI=1S/C16H22N2O2/c1-11-7-13(10-16(2,3)9-11)17-18-15(20)12-5-4-6-14(19)8-12/h4-6,8,11,19H,7,9-10H2,1-3H3,(H,18,20)/b17-13-/t11-/m1/s1. The second kappa shape index (κ2) is 5.65. The van der Waals surface area contributed by atoms with Crippen molar-refractivity contribution in [3.05, 3.63) is 29.8 Å². The van der Waals surface area contributed by atoms with Gasteiger partial charge in [-0.05, 0) is 48.8 Å². The number of benzene rings is 1. The minimum absolute atomic E-state index is 0.0812. The first-order chi connectivity index (χ1) is 9.35. The van der Waals surface area contributed by atoms with E-state index in [1.165, 1.54) is 18.6 Å². The first kappa shape index (κ1) is 14.6. The van der Waals surface area contributed by atoms with Crippen LogP contribution < -0.4 is 5.43 Å². The molecule has 1 aliphatic rings. The van der Waals surface area contributed by atoms with Crippen molar-refractivity contribution in [2.24, 2.45) is 16.4 Å². The fourth-order valence-corrected chi connectivity index (χ4v) is 3.04. The summed E-state index contributed by atoms with van der Waals surface area (Å²) in [6, 6.07) is 6.27. The van der Waals surface area contributed by atoms with E-state index in [4.69, 9.17) is 0 Å². The third-order valence-electron chi connectivity index (χ3n) is 3.59. The van der Waals surface area contributed by atoms with Crippen LogP contribution in [0.15, 0.2) is 29.4 Å². The number of carbonyl (C=O) groups is 1. The Hall–Kier alpha value is -1.84. The summed E-state index contributed by atoms with van der Waals surface area (Å²) in [5, 5.41) is 13.6. The maximum atomic E-state index is 12.0. The zero-order valence-electron chi connectivity index (χ0n) is 12.3. The lowest BCUT2D eigenvalue weighted by atomic mass is 9.72. The molecule has 1 fully saturated rings. The molecule has 0 unspecified atom stereocenters. The van der Waals surface area contributed by atoms with Crippen molar-refractivity contribution < 1.29 is 9.90 Å². The molecule has 1 aliphatic carbocycles. The van der Waals surface area contributed by atoms with Gasteiger partial charge in [0.2, 0.25) is 0 Å². The highest BCUT2D eigenvalue weighted by atomic mass is 16.3. The summed E-state index contributed by atoms with van der Waals surface area (Å²) in [6.07, 6.45) is 3.04. The number of hydrogen-bond acceptors (Lipinski definition) is 3. The van der Waals surface area contributed by atoms with Gasteiger partial charge in [-0.3, -0.25) is 4.79 Å². The second-order valence-corrected chi connectivity index (χ2v) is 6.52. The van der Waals surface area contributed by atoms with Crippen LogP contribution in [0.25, 0.3) is 0 Å². The summed E-state index contributed by atoms with van der Waals surface area (Å²) in [4.78, 5) is 12.0. The lowest BCUT2D eigenvalue weighted by molar-refractivity contribution is 0.0953. The molecule has 2 rings (SSSR count). The Balaban J connectivity index is 2.03. The fourth-order valence-electron chi connectivity index (χ4n) is 3.04. The van der Waals surface area contributed by atoms with E-state index in [0.29, 0.717) is 11.5 Å². The van der Waals surface area contributed by atoms with Crippen molar-refractivity contribution in [2.45, 2.75) is 40.0 Å². The van der Waals surface area contributed by atoms with Crippen LogP contribution in [0.3, 0.4) is 0 Å². The Labute approximate surface area is 119 Å². The van der Waals surface area contributed by atoms with Crippen LogP contribution in [-0.2, 0) is 0 Å². The predicted molar refractivity (Wildman–Crippen MR) is 79.8 cm³/mol. The van der Waals surface area contributed by atoms with Gasteiger partial charge in [-0.2, -0.15) is 5.10 Å². The molecular formula is C16H22N2O2. The number of amides is 1. The average molecular weight is 274 g/mol. The molecule has 0 aliphatic heterocycles. The van der Waals surface area contributed by atoms with Crippen molar-refractivity contribution in [3.8, 4) is 5.75 Å². The maximum absolute atomic E-state index is 12.0. The smallest absolute Gasteiger partial charge is 0.271 e. The molecule has 1 saturated carbocycles. The highest BCUT2D eigenvalue weighted by molar-refractivity contribution is 5.96. The first-order valence-electron chi connectivity index (χ1n) is 7.00. The van der Waals surface area contributed by atoms with Crippen molar-refractivity contribution in [3.63, 3.8) is 0 Å². The molecule has 0 heterocycles. The molecule has 1 amide bonds. The quantitative estimate of drug-likeness (QED) is 0.813. The van der Waals surface area contributed by atoms with E-state index in [-0.39, 0.29) is 17.1 Å². The van der Waals surface area contributed by atoms with Gasteiger partial charge in [0.15, 0.2) is 0 Å². The number of rotatable bonds is 2. The summed E-state index contributed by atoms with van der Waals surface area (Å²) in [5.74, 6) is 0.386. The lowest BCUT2D eigenvalue weighted by Gasteiger charge is -2.34. The summed E-state index contributed by atoms with van der Waals surface area (Å²) in [7, 11) is 0. The maximum Gasteiger partial charge on any atom is 0.271 e. The summed E-state index contributed by atoms with van der Waals surface area (Å²) >= 11 is 0. The normalized spacial score (nSPS) is 23.6. The highest BCUT2D eigenvalue weighted by Crippen LogP contribution is 2.36. The van der Waals surface area contributed by atoms with Crippen LogP contribution in [0.5, 0.6) is 5.75 Å². The monoisotopic (exact) mass is 274 g/mol. The van der Waals surface area contributed by atoms with Gasteiger partial charge in [-0.1, -0.05) is 26.8 Å². The van der Waals surface area contributed by atoms with Crippen LogP contribution >= 0.6 is 0 Å². The minimum atomic E-state index is -0.288. The van der Waals surface area contributed by atoms with Crippen LogP contribution in [0.4, 0.5) is 0 Å². The number of nitrogens with zero attached hydrogens (tertiary/aromatic N) is 1. The molecule has 0 spiro atoms. The van der Waals surface area contributed by atoms with Crippen LogP contribution in [0.2, 0.25) is 0 Å². The van der Waals surface area contributed by atoms with Gasteiger partial charge in [-0.25, -0.2) is 5.43 Å². The predicted octanol–water partition coefficient (Wildman–Crippen LogP) is 3.32. The van der Waals surface area contributed by atoms with E-state index in [0.717, 1.165) is 18.6 Å². The Kier molecular flexibility index (Phi) is 4.12. The summed E-state index contributed by atoms with van der Waals surface area (Å²) < 4.78 is 0. The van der Waals surface area contributed by atoms with E-state index >= 15 is 0 Å². The molecule has 0 aromatic heterocycles. The Morgan fingerprint density at radius 3 is 2.85 bits per heavy atom. The van der Waals surface area contributed by atoms with Gasteiger partial charge in [0.05, 0.1) is 0 Å². The van der Waals surface area contributed by atoms with Gasteiger partial charge in [-0.15, -0.1) is 0 Å². The number of phenolic OH excluding ortho intramolecular Hbond substituents is 1. The zero-order valence-corrected chi connectivity index (χ0v) is 12.3. The van der Waals surface area contributed by atoms with Crippen molar-refractivity contribution in [1.82, 2.24) is 5.43 Å². The number of carbonyl (C=O) groups excluding carboxylic acids is 1.